The van der Waals surface area contributed by atoms with Crippen molar-refractivity contribution in [3.8, 4) is 0 Å². The number of aliphatic imine (C=N–C) groups is 1. The molecule has 1 aliphatic carbocycles. The van der Waals surface area contributed by atoms with E-state index in [1.165, 1.54) is 49.2 Å². The van der Waals surface area contributed by atoms with Gasteiger partial charge in [-0.25, -0.2) is 4.99 Å². The number of nitrogens with zero attached hydrogens (tertiary/aromatic N) is 2. The highest BCUT2D eigenvalue weighted by Gasteiger charge is 2.43. The average molecular weight is 419 g/mol. The van der Waals surface area contributed by atoms with Gasteiger partial charge in [0.05, 0.1) is 6.54 Å². The molecular formula is C16H26IN3S. The Labute approximate surface area is 149 Å². The molecule has 3 nitrogen and oxygen atoms in total. The topological polar surface area (TPSA) is 27.6 Å². The van der Waals surface area contributed by atoms with Crippen molar-refractivity contribution in [2.24, 2.45) is 10.4 Å². The highest BCUT2D eigenvalue weighted by atomic mass is 127. The molecule has 118 valence electrons. The van der Waals surface area contributed by atoms with Gasteiger partial charge in [-0.3, -0.25) is 0 Å². The number of rotatable bonds is 3. The van der Waals surface area contributed by atoms with Gasteiger partial charge in [0.2, 0.25) is 0 Å². The molecule has 1 saturated carbocycles. The molecule has 1 spiro atoms. The Hall–Kier alpha value is -0.300. The van der Waals surface area contributed by atoms with Crippen LogP contribution in [0.1, 0.15) is 43.0 Å². The first-order valence-electron chi connectivity index (χ1n) is 7.79. The highest BCUT2D eigenvalue weighted by Crippen LogP contribution is 2.47. The minimum Gasteiger partial charge on any atom is -0.357 e. The molecule has 1 aromatic heterocycles. The fourth-order valence-corrected chi connectivity index (χ4v) is 4.17. The van der Waals surface area contributed by atoms with Gasteiger partial charge in [0.15, 0.2) is 5.96 Å². The molecule has 1 N–H and O–H groups in total. The minimum atomic E-state index is 0. The van der Waals surface area contributed by atoms with E-state index in [4.69, 9.17) is 4.99 Å². The number of hydrogen-bond acceptors (Lipinski definition) is 2. The van der Waals surface area contributed by atoms with Crippen LogP contribution >= 0.6 is 35.3 Å². The third kappa shape index (κ3) is 3.73. The quantitative estimate of drug-likeness (QED) is 0.456. The second-order valence-corrected chi connectivity index (χ2v) is 7.22. The van der Waals surface area contributed by atoms with Gasteiger partial charge in [-0.1, -0.05) is 6.42 Å². The van der Waals surface area contributed by atoms with Crippen molar-refractivity contribution in [3.63, 3.8) is 0 Å². The maximum Gasteiger partial charge on any atom is 0.194 e. The fourth-order valence-electron chi connectivity index (χ4n) is 3.34. The van der Waals surface area contributed by atoms with Crippen LogP contribution in [0.5, 0.6) is 0 Å². The van der Waals surface area contributed by atoms with E-state index in [0.29, 0.717) is 5.41 Å². The Morgan fingerprint density at radius 1 is 1.43 bits per heavy atom. The summed E-state index contributed by atoms with van der Waals surface area (Å²) < 4.78 is 0. The van der Waals surface area contributed by atoms with E-state index in [0.717, 1.165) is 19.0 Å². The zero-order chi connectivity index (χ0) is 14.0. The number of halogens is 1. The third-order valence-corrected chi connectivity index (χ3v) is 5.84. The normalized spacial score (nSPS) is 20.3. The third-order valence-electron chi connectivity index (χ3n) is 4.83. The van der Waals surface area contributed by atoms with Crippen LogP contribution in [-0.2, 0) is 6.54 Å². The Kier molecular flexibility index (Phi) is 5.94. The van der Waals surface area contributed by atoms with Crippen molar-refractivity contribution in [3.05, 3.63) is 21.9 Å². The van der Waals surface area contributed by atoms with Crippen molar-refractivity contribution in [2.75, 3.05) is 19.6 Å². The summed E-state index contributed by atoms with van der Waals surface area (Å²) in [7, 11) is 0. The molecule has 0 radical (unpaired) electrons. The Morgan fingerprint density at radius 2 is 2.24 bits per heavy atom. The Morgan fingerprint density at radius 3 is 2.76 bits per heavy atom. The number of hydrogen-bond donors (Lipinski definition) is 1. The molecule has 0 aromatic carbocycles. The predicted octanol–water partition coefficient (Wildman–Crippen LogP) is 4.02. The van der Waals surface area contributed by atoms with Gasteiger partial charge in [0.25, 0.3) is 0 Å². The van der Waals surface area contributed by atoms with Crippen molar-refractivity contribution < 1.29 is 0 Å². The van der Waals surface area contributed by atoms with E-state index in [1.54, 1.807) is 0 Å². The Bertz CT molecular complexity index is 493. The molecular weight excluding hydrogens is 393 g/mol. The van der Waals surface area contributed by atoms with Crippen molar-refractivity contribution in [1.82, 2.24) is 10.2 Å². The molecule has 1 saturated heterocycles. The smallest absolute Gasteiger partial charge is 0.194 e. The molecule has 5 heteroatoms. The molecule has 1 aliphatic heterocycles. The second-order valence-electron chi connectivity index (χ2n) is 6.22. The first-order valence-corrected chi connectivity index (χ1v) is 8.67. The average Bonchev–Trinajstić information content (AvgIpc) is 3.01. The molecule has 2 heterocycles. The number of nitrogens with one attached hydrogen (secondary N) is 1. The van der Waals surface area contributed by atoms with Gasteiger partial charge in [-0.2, -0.15) is 0 Å². The first-order chi connectivity index (χ1) is 9.72. The summed E-state index contributed by atoms with van der Waals surface area (Å²) >= 11 is 1.81. The molecule has 0 amide bonds. The van der Waals surface area contributed by atoms with Crippen molar-refractivity contribution in [2.45, 2.75) is 46.1 Å². The van der Waals surface area contributed by atoms with Crippen molar-refractivity contribution in [1.29, 1.82) is 0 Å². The molecule has 0 bridgehead atoms. The molecule has 1 aromatic rings. The van der Waals surface area contributed by atoms with E-state index in [1.807, 2.05) is 11.3 Å². The van der Waals surface area contributed by atoms with Crippen LogP contribution in [0, 0.1) is 12.3 Å². The Balaban J connectivity index is 0.00000161. The lowest BCUT2D eigenvalue weighted by atomic mass is 9.68. The lowest BCUT2D eigenvalue weighted by Gasteiger charge is -2.38. The van der Waals surface area contributed by atoms with E-state index < -0.39 is 0 Å². The zero-order valence-corrected chi connectivity index (χ0v) is 16.2. The van der Waals surface area contributed by atoms with Crippen LogP contribution < -0.4 is 5.32 Å². The molecule has 0 unspecified atom stereocenters. The van der Waals surface area contributed by atoms with Crippen LogP contribution in [-0.4, -0.2) is 30.5 Å². The summed E-state index contributed by atoms with van der Waals surface area (Å²) in [6.45, 7) is 8.48. The fraction of sp³-hybridized carbons (Fsp3) is 0.688. The number of thiophene rings is 1. The summed E-state index contributed by atoms with van der Waals surface area (Å²) in [5, 5.41) is 5.63. The van der Waals surface area contributed by atoms with Crippen LogP contribution in [0.4, 0.5) is 0 Å². The van der Waals surface area contributed by atoms with Crippen molar-refractivity contribution >= 4 is 41.3 Å². The van der Waals surface area contributed by atoms with Crippen LogP contribution in [0.15, 0.2) is 16.4 Å². The molecule has 2 aliphatic rings. The van der Waals surface area contributed by atoms with Gasteiger partial charge in [-0.15, -0.1) is 35.3 Å². The van der Waals surface area contributed by atoms with Gasteiger partial charge in [0, 0.05) is 24.5 Å². The van der Waals surface area contributed by atoms with Crippen LogP contribution in [0.3, 0.4) is 0 Å². The number of aryl methyl sites for hydroxylation is 1. The van der Waals surface area contributed by atoms with Crippen LogP contribution in [0.25, 0.3) is 0 Å². The monoisotopic (exact) mass is 419 g/mol. The standard InChI is InChI=1S/C16H25N3S.HI/c1-3-17-15(18-11-14-13(2)5-10-20-14)19-9-8-16(12-19)6-4-7-16;/h5,10H,3-4,6-9,11-12H2,1-2H3,(H,17,18);1H. The minimum absolute atomic E-state index is 0. The SMILES string of the molecule is CCNC(=NCc1sccc1C)N1CCC2(CCC2)C1.I. The van der Waals surface area contributed by atoms with Crippen LogP contribution in [0.2, 0.25) is 0 Å². The maximum atomic E-state index is 4.86. The number of guanidine groups is 1. The summed E-state index contributed by atoms with van der Waals surface area (Å²) in [4.78, 5) is 8.73. The van der Waals surface area contributed by atoms with E-state index in [9.17, 15) is 0 Å². The lowest BCUT2D eigenvalue weighted by molar-refractivity contribution is 0.151. The summed E-state index contributed by atoms with van der Waals surface area (Å²) in [5.74, 6) is 1.11. The van der Waals surface area contributed by atoms with E-state index in [2.05, 4.69) is 35.5 Å². The maximum absolute atomic E-state index is 4.86. The highest BCUT2D eigenvalue weighted by molar-refractivity contribution is 14.0. The van der Waals surface area contributed by atoms with E-state index in [-0.39, 0.29) is 24.0 Å². The largest absolute Gasteiger partial charge is 0.357 e. The van der Waals surface area contributed by atoms with Gasteiger partial charge in [0.1, 0.15) is 0 Å². The molecule has 0 atom stereocenters. The molecule has 21 heavy (non-hydrogen) atoms. The van der Waals surface area contributed by atoms with Gasteiger partial charge >= 0.3 is 0 Å². The second kappa shape index (κ2) is 7.31. The van der Waals surface area contributed by atoms with Gasteiger partial charge in [-0.05, 0) is 55.5 Å². The molecule has 3 rings (SSSR count). The lowest BCUT2D eigenvalue weighted by Crippen LogP contribution is -2.42. The zero-order valence-electron chi connectivity index (χ0n) is 13.0. The predicted molar refractivity (Wildman–Crippen MR) is 102 cm³/mol. The summed E-state index contributed by atoms with van der Waals surface area (Å²) in [5.41, 5.74) is 2.00. The molecule has 2 fully saturated rings. The van der Waals surface area contributed by atoms with E-state index >= 15 is 0 Å². The first kappa shape index (κ1) is 17.1. The number of likely N-dealkylation sites (tertiary alicyclic amines) is 1. The summed E-state index contributed by atoms with van der Waals surface area (Å²) in [6, 6.07) is 2.18. The summed E-state index contributed by atoms with van der Waals surface area (Å²) in [6.07, 6.45) is 5.63. The van der Waals surface area contributed by atoms with Gasteiger partial charge < -0.3 is 10.2 Å².